The van der Waals surface area contributed by atoms with Gasteiger partial charge in [0.05, 0.1) is 5.69 Å². The van der Waals surface area contributed by atoms with Crippen molar-refractivity contribution < 1.29 is 0 Å². The summed E-state index contributed by atoms with van der Waals surface area (Å²) in [6, 6.07) is 0. The lowest BCUT2D eigenvalue weighted by Crippen LogP contribution is -1.90. The lowest BCUT2D eigenvalue weighted by Gasteiger charge is -1.93. The first-order chi connectivity index (χ1) is 5.77. The summed E-state index contributed by atoms with van der Waals surface area (Å²) in [7, 11) is 1.88. The molecule has 68 valence electrons. The predicted molar refractivity (Wildman–Crippen MR) is 51.5 cm³/mol. The third-order valence-electron chi connectivity index (χ3n) is 1.99. The minimum Gasteiger partial charge on any atom is -0.359 e. The van der Waals surface area contributed by atoms with Gasteiger partial charge in [0.1, 0.15) is 0 Å². The number of nitrogens with zero attached hydrogens (tertiary/aromatic N) is 1. The second kappa shape index (κ2) is 4.14. The summed E-state index contributed by atoms with van der Waals surface area (Å²) >= 11 is 0. The molecule has 0 bridgehead atoms. The summed E-state index contributed by atoms with van der Waals surface area (Å²) < 4.78 is 0. The van der Waals surface area contributed by atoms with Gasteiger partial charge < -0.3 is 10.3 Å². The minimum absolute atomic E-state index is 0.874. The van der Waals surface area contributed by atoms with Crippen LogP contribution in [0.15, 0.2) is 0 Å². The Morgan fingerprint density at radius 1 is 1.50 bits per heavy atom. The summed E-state index contributed by atoms with van der Waals surface area (Å²) in [6.07, 6.45) is 3.52. The lowest BCUT2D eigenvalue weighted by molar-refractivity contribution is 0.776. The van der Waals surface area contributed by atoms with E-state index in [0.29, 0.717) is 0 Å². The van der Waals surface area contributed by atoms with E-state index in [4.69, 9.17) is 0 Å². The first-order valence-corrected chi connectivity index (χ1v) is 4.51. The van der Waals surface area contributed by atoms with E-state index >= 15 is 0 Å². The van der Waals surface area contributed by atoms with E-state index in [1.807, 2.05) is 7.05 Å². The number of hydrogen-bond acceptors (Lipinski definition) is 2. The molecule has 1 heterocycles. The molecule has 0 fully saturated rings. The molecule has 0 aliphatic heterocycles. The Balaban J connectivity index is 2.64. The number of unbranched alkanes of at least 4 members (excludes halogenated alkanes) is 1. The van der Waals surface area contributed by atoms with Crippen molar-refractivity contribution in [3.8, 4) is 0 Å². The van der Waals surface area contributed by atoms with Crippen molar-refractivity contribution in [2.75, 3.05) is 12.4 Å². The Morgan fingerprint density at radius 2 is 2.25 bits per heavy atom. The second-order valence-corrected chi connectivity index (χ2v) is 3.01. The highest BCUT2D eigenvalue weighted by Gasteiger charge is 2.03. The van der Waals surface area contributed by atoms with Crippen LogP contribution in [0.3, 0.4) is 0 Å². The molecule has 0 aromatic carbocycles. The van der Waals surface area contributed by atoms with E-state index in [1.165, 1.54) is 24.2 Å². The predicted octanol–water partition coefficient (Wildman–Crippen LogP) is 2.10. The van der Waals surface area contributed by atoms with Gasteiger partial charge in [0, 0.05) is 12.7 Å². The number of hydrogen-bond donors (Lipinski definition) is 2. The summed E-state index contributed by atoms with van der Waals surface area (Å²) in [4.78, 5) is 7.58. The molecule has 0 saturated carbocycles. The third kappa shape index (κ3) is 2.00. The number of rotatable bonds is 4. The standard InChI is InChI=1S/C9H17N3/c1-4-5-6-8-7(2)11-9(10-3)12-8/h4-6H2,1-3H3,(H2,10,11,12). The molecule has 0 atom stereocenters. The van der Waals surface area contributed by atoms with E-state index in [1.54, 1.807) is 0 Å². The molecular formula is C9H17N3. The van der Waals surface area contributed by atoms with Crippen LogP contribution in [-0.2, 0) is 6.42 Å². The molecule has 0 radical (unpaired) electrons. The van der Waals surface area contributed by atoms with Crippen molar-refractivity contribution in [2.24, 2.45) is 0 Å². The molecule has 0 spiro atoms. The van der Waals surface area contributed by atoms with Crippen molar-refractivity contribution >= 4 is 5.95 Å². The van der Waals surface area contributed by atoms with Crippen molar-refractivity contribution in [3.63, 3.8) is 0 Å². The topological polar surface area (TPSA) is 40.7 Å². The van der Waals surface area contributed by atoms with Crippen molar-refractivity contribution in [3.05, 3.63) is 11.4 Å². The Labute approximate surface area is 73.6 Å². The largest absolute Gasteiger partial charge is 0.359 e. The molecule has 3 heteroatoms. The van der Waals surface area contributed by atoms with E-state index < -0.39 is 0 Å². The molecule has 3 nitrogen and oxygen atoms in total. The molecule has 0 aliphatic rings. The molecule has 0 saturated heterocycles. The maximum absolute atomic E-state index is 4.40. The summed E-state index contributed by atoms with van der Waals surface area (Å²) in [5.41, 5.74) is 2.38. The Kier molecular flexibility index (Phi) is 3.14. The fourth-order valence-electron chi connectivity index (χ4n) is 1.20. The summed E-state index contributed by atoms with van der Waals surface area (Å²) in [5, 5.41) is 3.00. The molecule has 2 N–H and O–H groups in total. The zero-order valence-corrected chi connectivity index (χ0v) is 8.07. The minimum atomic E-state index is 0.874. The average molecular weight is 167 g/mol. The first-order valence-electron chi connectivity index (χ1n) is 4.51. The molecule has 12 heavy (non-hydrogen) atoms. The van der Waals surface area contributed by atoms with E-state index in [9.17, 15) is 0 Å². The zero-order valence-electron chi connectivity index (χ0n) is 8.07. The van der Waals surface area contributed by atoms with Crippen molar-refractivity contribution in [1.29, 1.82) is 0 Å². The van der Waals surface area contributed by atoms with E-state index in [0.717, 1.165) is 12.4 Å². The van der Waals surface area contributed by atoms with Gasteiger partial charge in [-0.25, -0.2) is 4.98 Å². The van der Waals surface area contributed by atoms with Gasteiger partial charge in [0.2, 0.25) is 0 Å². The number of aryl methyl sites for hydroxylation is 2. The van der Waals surface area contributed by atoms with Crippen molar-refractivity contribution in [1.82, 2.24) is 9.97 Å². The SMILES string of the molecule is CCCCc1nc(NC)[nH]c1C. The fourth-order valence-corrected chi connectivity index (χ4v) is 1.20. The summed E-state index contributed by atoms with van der Waals surface area (Å²) in [6.45, 7) is 4.26. The second-order valence-electron chi connectivity index (χ2n) is 3.01. The highest BCUT2D eigenvalue weighted by atomic mass is 15.1. The van der Waals surface area contributed by atoms with Gasteiger partial charge >= 0.3 is 0 Å². The maximum atomic E-state index is 4.40. The Morgan fingerprint density at radius 3 is 2.75 bits per heavy atom. The Hall–Kier alpha value is -0.990. The highest BCUT2D eigenvalue weighted by molar-refractivity contribution is 5.29. The molecule has 1 aromatic rings. The van der Waals surface area contributed by atoms with E-state index in [-0.39, 0.29) is 0 Å². The van der Waals surface area contributed by atoms with Crippen LogP contribution in [0.1, 0.15) is 31.2 Å². The number of nitrogens with one attached hydrogen (secondary N) is 2. The number of aromatic amines is 1. The van der Waals surface area contributed by atoms with Crippen LogP contribution in [0.25, 0.3) is 0 Å². The third-order valence-corrected chi connectivity index (χ3v) is 1.99. The van der Waals surface area contributed by atoms with Crippen LogP contribution in [0, 0.1) is 6.92 Å². The van der Waals surface area contributed by atoms with Gasteiger partial charge in [-0.05, 0) is 19.8 Å². The number of H-pyrrole nitrogens is 1. The molecule has 0 amide bonds. The van der Waals surface area contributed by atoms with Crippen LogP contribution in [0.2, 0.25) is 0 Å². The smallest absolute Gasteiger partial charge is 0.200 e. The van der Waals surface area contributed by atoms with Crippen LogP contribution in [-0.4, -0.2) is 17.0 Å². The fraction of sp³-hybridized carbons (Fsp3) is 0.667. The van der Waals surface area contributed by atoms with Crippen LogP contribution in [0.4, 0.5) is 5.95 Å². The monoisotopic (exact) mass is 167 g/mol. The van der Waals surface area contributed by atoms with Gasteiger partial charge in [-0.3, -0.25) is 0 Å². The quantitative estimate of drug-likeness (QED) is 0.721. The Bertz CT molecular complexity index is 240. The highest BCUT2D eigenvalue weighted by Crippen LogP contribution is 2.10. The average Bonchev–Trinajstić information content (AvgIpc) is 2.43. The van der Waals surface area contributed by atoms with Crippen LogP contribution in [0.5, 0.6) is 0 Å². The molecule has 0 aliphatic carbocycles. The number of aromatic nitrogens is 2. The van der Waals surface area contributed by atoms with Crippen LogP contribution >= 0.6 is 0 Å². The van der Waals surface area contributed by atoms with Gasteiger partial charge in [-0.15, -0.1) is 0 Å². The molecule has 1 rings (SSSR count). The zero-order chi connectivity index (χ0) is 8.97. The van der Waals surface area contributed by atoms with Gasteiger partial charge in [-0.2, -0.15) is 0 Å². The molecule has 1 aromatic heterocycles. The number of anilines is 1. The van der Waals surface area contributed by atoms with Gasteiger partial charge in [0.15, 0.2) is 5.95 Å². The van der Waals surface area contributed by atoms with Gasteiger partial charge in [0.25, 0.3) is 0 Å². The lowest BCUT2D eigenvalue weighted by atomic mass is 10.2. The summed E-state index contributed by atoms with van der Waals surface area (Å²) in [5.74, 6) is 0.874. The molecule has 0 unspecified atom stereocenters. The van der Waals surface area contributed by atoms with Crippen molar-refractivity contribution in [2.45, 2.75) is 33.1 Å². The maximum Gasteiger partial charge on any atom is 0.200 e. The van der Waals surface area contributed by atoms with Crippen LogP contribution < -0.4 is 5.32 Å². The normalized spacial score (nSPS) is 10.2. The van der Waals surface area contributed by atoms with E-state index in [2.05, 4.69) is 29.1 Å². The molecular weight excluding hydrogens is 150 g/mol. The first kappa shape index (κ1) is 9.10. The van der Waals surface area contributed by atoms with Gasteiger partial charge in [-0.1, -0.05) is 13.3 Å². The number of imidazole rings is 1.